The van der Waals surface area contributed by atoms with Crippen LogP contribution in [0.2, 0.25) is 0 Å². The molecule has 104 valence electrons. The molecule has 0 radical (unpaired) electrons. The Morgan fingerprint density at radius 2 is 1.84 bits per heavy atom. The van der Waals surface area contributed by atoms with E-state index in [0.717, 1.165) is 22.9 Å². The lowest BCUT2D eigenvalue weighted by atomic mass is 9.74. The molecular formula is C16H21BrO2. The molecule has 2 rings (SSSR count). The smallest absolute Gasteiger partial charge is 0.169 e. The topological polar surface area (TPSA) is 26.3 Å². The Hall–Kier alpha value is -0.830. The summed E-state index contributed by atoms with van der Waals surface area (Å²) in [4.78, 5) is 12.7. The predicted octanol–water partition coefficient (Wildman–Crippen LogP) is 4.71. The molecule has 2 atom stereocenters. The number of benzene rings is 1. The molecule has 3 heteroatoms. The number of ketones is 1. The number of carbonyl (C=O) groups excluding carboxylic acids is 1. The van der Waals surface area contributed by atoms with Crippen LogP contribution in [0.5, 0.6) is 5.75 Å². The molecule has 1 fully saturated rings. The molecule has 0 heterocycles. The van der Waals surface area contributed by atoms with Gasteiger partial charge in [-0.05, 0) is 49.3 Å². The molecule has 0 N–H and O–H groups in total. The number of carbonyl (C=O) groups is 1. The van der Waals surface area contributed by atoms with Crippen LogP contribution in [0.25, 0.3) is 0 Å². The van der Waals surface area contributed by atoms with Gasteiger partial charge in [-0.3, -0.25) is 4.79 Å². The highest BCUT2D eigenvalue weighted by Crippen LogP contribution is 2.36. The summed E-state index contributed by atoms with van der Waals surface area (Å²) in [6, 6.07) is 5.64. The van der Waals surface area contributed by atoms with E-state index in [1.165, 1.54) is 6.42 Å². The quantitative estimate of drug-likeness (QED) is 0.752. The molecule has 0 aliphatic heterocycles. The highest BCUT2D eigenvalue weighted by molar-refractivity contribution is 9.10. The normalized spacial score (nSPS) is 27.1. The number of hydrogen-bond donors (Lipinski definition) is 0. The van der Waals surface area contributed by atoms with Crippen LogP contribution >= 0.6 is 15.9 Å². The van der Waals surface area contributed by atoms with Gasteiger partial charge >= 0.3 is 0 Å². The molecule has 0 amide bonds. The van der Waals surface area contributed by atoms with Crippen molar-refractivity contribution >= 4 is 21.7 Å². The molecular weight excluding hydrogens is 304 g/mol. The third-order valence-corrected chi connectivity index (χ3v) is 4.47. The first-order valence-corrected chi connectivity index (χ1v) is 7.68. The standard InChI is InChI=1S/C16H21BrO2/c1-10-6-11(2)8-12(7-10)16(18)14-5-4-13(17)9-15(14)19-3/h4-5,9-12H,6-8H2,1-3H3. The van der Waals surface area contributed by atoms with Crippen LogP contribution in [-0.2, 0) is 0 Å². The molecule has 2 unspecified atom stereocenters. The van der Waals surface area contributed by atoms with Gasteiger partial charge in [0.2, 0.25) is 0 Å². The minimum Gasteiger partial charge on any atom is -0.496 e. The van der Waals surface area contributed by atoms with Gasteiger partial charge in [0, 0.05) is 10.4 Å². The van der Waals surface area contributed by atoms with Crippen molar-refractivity contribution in [3.63, 3.8) is 0 Å². The van der Waals surface area contributed by atoms with Crippen molar-refractivity contribution in [3.05, 3.63) is 28.2 Å². The summed E-state index contributed by atoms with van der Waals surface area (Å²) in [7, 11) is 1.62. The number of Topliss-reactive ketones (excluding diaryl/α,β-unsaturated/α-hetero) is 1. The first kappa shape index (κ1) is 14.6. The Bertz CT molecular complexity index is 460. The van der Waals surface area contributed by atoms with Gasteiger partial charge in [0.25, 0.3) is 0 Å². The molecule has 1 aromatic rings. The van der Waals surface area contributed by atoms with Crippen LogP contribution in [0.3, 0.4) is 0 Å². The summed E-state index contributed by atoms with van der Waals surface area (Å²) in [5, 5.41) is 0. The molecule has 0 aromatic heterocycles. The zero-order chi connectivity index (χ0) is 14.0. The highest BCUT2D eigenvalue weighted by Gasteiger charge is 2.30. The van der Waals surface area contributed by atoms with E-state index in [1.54, 1.807) is 7.11 Å². The van der Waals surface area contributed by atoms with E-state index >= 15 is 0 Å². The van der Waals surface area contributed by atoms with E-state index in [1.807, 2.05) is 18.2 Å². The van der Waals surface area contributed by atoms with E-state index in [0.29, 0.717) is 17.6 Å². The molecule has 0 spiro atoms. The van der Waals surface area contributed by atoms with Crippen molar-refractivity contribution < 1.29 is 9.53 Å². The van der Waals surface area contributed by atoms with E-state index in [9.17, 15) is 4.79 Å². The number of ether oxygens (including phenoxy) is 1. The second-order valence-electron chi connectivity index (χ2n) is 5.82. The van der Waals surface area contributed by atoms with Gasteiger partial charge in [0.05, 0.1) is 12.7 Å². The van der Waals surface area contributed by atoms with Crippen LogP contribution in [0.4, 0.5) is 0 Å². The lowest BCUT2D eigenvalue weighted by Crippen LogP contribution is -2.26. The number of methoxy groups -OCH3 is 1. The highest BCUT2D eigenvalue weighted by atomic mass is 79.9. The Kier molecular flexibility index (Phi) is 4.67. The SMILES string of the molecule is COc1cc(Br)ccc1C(=O)C1CC(C)CC(C)C1. The van der Waals surface area contributed by atoms with Gasteiger partial charge in [-0.25, -0.2) is 0 Å². The Balaban J connectivity index is 2.24. The zero-order valence-electron chi connectivity index (χ0n) is 11.8. The summed E-state index contributed by atoms with van der Waals surface area (Å²) in [5.41, 5.74) is 0.719. The fourth-order valence-corrected chi connectivity index (χ4v) is 3.59. The van der Waals surface area contributed by atoms with Crippen LogP contribution in [0.15, 0.2) is 22.7 Å². The third-order valence-electron chi connectivity index (χ3n) is 3.98. The fourth-order valence-electron chi connectivity index (χ4n) is 3.25. The van der Waals surface area contributed by atoms with Crippen molar-refractivity contribution in [3.8, 4) is 5.75 Å². The molecule has 19 heavy (non-hydrogen) atoms. The molecule has 1 aliphatic rings. The molecule has 2 nitrogen and oxygen atoms in total. The van der Waals surface area contributed by atoms with Gasteiger partial charge in [0.1, 0.15) is 5.75 Å². The van der Waals surface area contributed by atoms with Gasteiger partial charge in [-0.1, -0.05) is 29.8 Å². The predicted molar refractivity (Wildman–Crippen MR) is 80.7 cm³/mol. The first-order valence-electron chi connectivity index (χ1n) is 6.89. The average Bonchev–Trinajstić information content (AvgIpc) is 2.36. The lowest BCUT2D eigenvalue weighted by Gasteiger charge is -2.30. The first-order chi connectivity index (χ1) is 9.01. The van der Waals surface area contributed by atoms with Crippen LogP contribution in [0.1, 0.15) is 43.5 Å². The average molecular weight is 325 g/mol. The van der Waals surface area contributed by atoms with Crippen molar-refractivity contribution in [1.29, 1.82) is 0 Å². The number of halogens is 1. The summed E-state index contributed by atoms with van der Waals surface area (Å²) < 4.78 is 6.28. The van der Waals surface area contributed by atoms with E-state index in [-0.39, 0.29) is 11.7 Å². The van der Waals surface area contributed by atoms with Crippen molar-refractivity contribution in [2.75, 3.05) is 7.11 Å². The maximum Gasteiger partial charge on any atom is 0.169 e. The maximum absolute atomic E-state index is 12.7. The summed E-state index contributed by atoms with van der Waals surface area (Å²) in [6.45, 7) is 4.49. The monoisotopic (exact) mass is 324 g/mol. The second kappa shape index (κ2) is 6.08. The van der Waals surface area contributed by atoms with E-state index in [2.05, 4.69) is 29.8 Å². The van der Waals surface area contributed by atoms with Gasteiger partial charge in [0.15, 0.2) is 5.78 Å². The Morgan fingerprint density at radius 1 is 1.21 bits per heavy atom. The maximum atomic E-state index is 12.7. The largest absolute Gasteiger partial charge is 0.496 e. The Labute approximate surface area is 123 Å². The van der Waals surface area contributed by atoms with E-state index < -0.39 is 0 Å². The van der Waals surface area contributed by atoms with E-state index in [4.69, 9.17) is 4.74 Å². The lowest BCUT2D eigenvalue weighted by molar-refractivity contribution is 0.0833. The van der Waals surface area contributed by atoms with Gasteiger partial charge in [-0.15, -0.1) is 0 Å². The van der Waals surface area contributed by atoms with Gasteiger partial charge in [-0.2, -0.15) is 0 Å². The minimum absolute atomic E-state index is 0.147. The van der Waals surface area contributed by atoms with Crippen LogP contribution in [-0.4, -0.2) is 12.9 Å². The molecule has 1 aromatic carbocycles. The third kappa shape index (κ3) is 3.38. The zero-order valence-corrected chi connectivity index (χ0v) is 13.4. The van der Waals surface area contributed by atoms with Crippen molar-refractivity contribution in [1.82, 2.24) is 0 Å². The Morgan fingerprint density at radius 3 is 2.42 bits per heavy atom. The van der Waals surface area contributed by atoms with Crippen molar-refractivity contribution in [2.45, 2.75) is 33.1 Å². The summed E-state index contributed by atoms with van der Waals surface area (Å²) in [6.07, 6.45) is 3.24. The van der Waals surface area contributed by atoms with Crippen molar-refractivity contribution in [2.24, 2.45) is 17.8 Å². The number of rotatable bonds is 3. The summed E-state index contributed by atoms with van der Waals surface area (Å²) >= 11 is 3.41. The molecule has 1 aliphatic carbocycles. The van der Waals surface area contributed by atoms with Crippen LogP contribution in [0, 0.1) is 17.8 Å². The minimum atomic E-state index is 0.147. The summed E-state index contributed by atoms with van der Waals surface area (Å²) in [5.74, 6) is 2.33. The molecule has 0 bridgehead atoms. The second-order valence-corrected chi connectivity index (χ2v) is 6.74. The fraction of sp³-hybridized carbons (Fsp3) is 0.562. The van der Waals surface area contributed by atoms with Crippen LogP contribution < -0.4 is 4.74 Å². The molecule has 1 saturated carbocycles. The molecule has 0 saturated heterocycles. The van der Waals surface area contributed by atoms with Gasteiger partial charge < -0.3 is 4.74 Å². The number of hydrogen-bond acceptors (Lipinski definition) is 2.